The van der Waals surface area contributed by atoms with Crippen LogP contribution in [-0.2, 0) is 65.4 Å². The summed E-state index contributed by atoms with van der Waals surface area (Å²) in [6.45, 7) is 7.11. The summed E-state index contributed by atoms with van der Waals surface area (Å²) < 4.78 is 68.1. The SMILES string of the molecule is CCCCCCCCCCCCCCCCCCCCCCCCC(=O)O[C@H](COC(=O)CCCCCCCCCCCCCCCCC)COP(=O)(O)OC[C@@H](O)COP(=O)(O)OC[C@@H](COC(=O)CCCCCCC)OC(=O)CCCCCCCCCC(C)C. The van der Waals surface area contributed by atoms with Crippen LogP contribution in [0.25, 0.3) is 0 Å². The molecular formula is C73H142O17P2. The van der Waals surface area contributed by atoms with E-state index in [2.05, 4.69) is 34.6 Å². The monoisotopic (exact) mass is 1350 g/mol. The van der Waals surface area contributed by atoms with Gasteiger partial charge in [0.05, 0.1) is 26.4 Å². The van der Waals surface area contributed by atoms with Crippen LogP contribution in [0.15, 0.2) is 0 Å². The third-order valence-corrected chi connectivity index (χ3v) is 18.9. The predicted octanol–water partition coefficient (Wildman–Crippen LogP) is 21.3. The minimum atomic E-state index is -4.95. The van der Waals surface area contributed by atoms with Gasteiger partial charge >= 0.3 is 39.5 Å². The lowest BCUT2D eigenvalue weighted by Gasteiger charge is -2.21. The van der Waals surface area contributed by atoms with Crippen LogP contribution in [0, 0.1) is 5.92 Å². The lowest BCUT2D eigenvalue weighted by atomic mass is 10.0. The molecule has 0 saturated carbocycles. The molecule has 92 heavy (non-hydrogen) atoms. The number of rotatable bonds is 73. The molecule has 0 aliphatic rings. The molecule has 3 N–H and O–H groups in total. The number of aliphatic hydroxyl groups is 1. The molecular weight excluding hydrogens is 1210 g/mol. The molecule has 2 unspecified atom stereocenters. The number of aliphatic hydroxyl groups excluding tert-OH is 1. The van der Waals surface area contributed by atoms with Gasteiger partial charge in [-0.3, -0.25) is 37.3 Å². The summed E-state index contributed by atoms with van der Waals surface area (Å²) in [6.07, 6.45) is 54.8. The van der Waals surface area contributed by atoms with Crippen LogP contribution in [0.3, 0.4) is 0 Å². The van der Waals surface area contributed by atoms with Crippen molar-refractivity contribution in [2.75, 3.05) is 39.6 Å². The first-order valence-electron chi connectivity index (χ1n) is 38.1. The summed E-state index contributed by atoms with van der Waals surface area (Å²) >= 11 is 0. The average molecular weight is 1350 g/mol. The van der Waals surface area contributed by atoms with Gasteiger partial charge in [0, 0.05) is 25.7 Å². The molecule has 17 nitrogen and oxygen atoms in total. The number of unbranched alkanes of at least 4 members (excludes halogenated alkanes) is 45. The second-order valence-electron chi connectivity index (χ2n) is 26.8. The number of hydrogen-bond donors (Lipinski definition) is 3. The average Bonchev–Trinajstić information content (AvgIpc) is 2.28. The Morgan fingerprint density at radius 2 is 0.500 bits per heavy atom. The van der Waals surface area contributed by atoms with E-state index in [0.717, 1.165) is 96.3 Å². The minimum absolute atomic E-state index is 0.103. The van der Waals surface area contributed by atoms with Gasteiger partial charge in [0.2, 0.25) is 0 Å². The third kappa shape index (κ3) is 66.7. The molecule has 0 spiro atoms. The first-order valence-corrected chi connectivity index (χ1v) is 41.1. The standard InChI is InChI=1S/C73H142O17P2/c1-6-9-12-15-17-19-21-23-25-26-27-28-29-30-31-33-35-37-39-43-48-53-58-72(77)90-69(63-84-71(76)57-52-47-42-38-36-34-32-24-22-20-18-16-13-10-7-2)65-88-92(81,82)86-61-67(74)60-85-91(79,80)87-64-68(62-83-70(75)56-51-45-14-11-8-3)89-73(78)59-54-49-44-40-41-46-50-55-66(4)5/h66-69,74H,6-65H2,1-5H3,(H,79,80)(H,81,82)/t67-,68+,69+/m0/s1. The van der Waals surface area contributed by atoms with Gasteiger partial charge in [0.25, 0.3) is 0 Å². The number of carbonyl (C=O) groups excluding carboxylic acids is 4. The Morgan fingerprint density at radius 1 is 0.293 bits per heavy atom. The zero-order valence-electron chi connectivity index (χ0n) is 59.7. The fourth-order valence-electron chi connectivity index (χ4n) is 11.2. The summed E-state index contributed by atoms with van der Waals surface area (Å²) in [6, 6.07) is 0. The van der Waals surface area contributed by atoms with E-state index < -0.39 is 97.5 Å². The third-order valence-electron chi connectivity index (χ3n) is 17.0. The van der Waals surface area contributed by atoms with E-state index in [1.165, 1.54) is 199 Å². The summed E-state index contributed by atoms with van der Waals surface area (Å²) in [5.41, 5.74) is 0. The lowest BCUT2D eigenvalue weighted by molar-refractivity contribution is -0.161. The van der Waals surface area contributed by atoms with Gasteiger partial charge < -0.3 is 33.8 Å². The highest BCUT2D eigenvalue weighted by Gasteiger charge is 2.30. The first-order chi connectivity index (χ1) is 44.5. The van der Waals surface area contributed by atoms with Crippen molar-refractivity contribution in [2.45, 2.75) is 400 Å². The van der Waals surface area contributed by atoms with Crippen LogP contribution in [0.1, 0.15) is 381 Å². The van der Waals surface area contributed by atoms with Crippen molar-refractivity contribution in [3.8, 4) is 0 Å². The molecule has 0 aliphatic carbocycles. The largest absolute Gasteiger partial charge is 0.472 e. The Bertz CT molecular complexity index is 1770. The van der Waals surface area contributed by atoms with Crippen molar-refractivity contribution >= 4 is 39.5 Å². The van der Waals surface area contributed by atoms with E-state index in [9.17, 15) is 43.2 Å². The number of hydrogen-bond acceptors (Lipinski definition) is 15. The van der Waals surface area contributed by atoms with E-state index in [1.807, 2.05) is 0 Å². The Kier molecular flexibility index (Phi) is 64.9. The maximum Gasteiger partial charge on any atom is 0.472 e. The highest BCUT2D eigenvalue weighted by molar-refractivity contribution is 7.47. The van der Waals surface area contributed by atoms with Crippen LogP contribution in [0.5, 0.6) is 0 Å². The molecule has 0 aromatic heterocycles. The zero-order valence-corrected chi connectivity index (χ0v) is 61.5. The fourth-order valence-corrected chi connectivity index (χ4v) is 12.8. The Balaban J connectivity index is 5.10. The van der Waals surface area contributed by atoms with E-state index in [-0.39, 0.29) is 25.7 Å². The first kappa shape index (κ1) is 90.1. The van der Waals surface area contributed by atoms with Crippen molar-refractivity contribution in [3.63, 3.8) is 0 Å². The summed E-state index contributed by atoms with van der Waals surface area (Å²) in [5, 5.41) is 10.6. The number of carbonyl (C=O) groups is 4. The highest BCUT2D eigenvalue weighted by atomic mass is 31.2. The van der Waals surface area contributed by atoms with Crippen molar-refractivity contribution in [2.24, 2.45) is 5.92 Å². The van der Waals surface area contributed by atoms with Crippen LogP contribution in [-0.4, -0.2) is 96.7 Å². The van der Waals surface area contributed by atoms with Crippen molar-refractivity contribution in [1.82, 2.24) is 0 Å². The molecule has 0 saturated heterocycles. The van der Waals surface area contributed by atoms with Gasteiger partial charge in [-0.15, -0.1) is 0 Å². The van der Waals surface area contributed by atoms with Gasteiger partial charge in [0.1, 0.15) is 19.3 Å². The topological polar surface area (TPSA) is 237 Å². The summed E-state index contributed by atoms with van der Waals surface area (Å²) in [7, 11) is -9.89. The normalized spacial score (nSPS) is 14.0. The molecule has 0 amide bonds. The highest BCUT2D eigenvalue weighted by Crippen LogP contribution is 2.45. The number of ether oxygens (including phenoxy) is 4. The molecule has 0 bridgehead atoms. The number of phosphoric ester groups is 2. The zero-order chi connectivity index (χ0) is 67.7. The molecule has 0 aliphatic heterocycles. The van der Waals surface area contributed by atoms with Crippen molar-refractivity contribution < 1.29 is 80.2 Å². The van der Waals surface area contributed by atoms with Crippen LogP contribution in [0.4, 0.5) is 0 Å². The van der Waals surface area contributed by atoms with E-state index in [0.29, 0.717) is 31.6 Å². The molecule has 0 radical (unpaired) electrons. The molecule has 0 aromatic rings. The number of phosphoric acid groups is 2. The second kappa shape index (κ2) is 66.3. The Labute approximate surface area is 562 Å². The van der Waals surface area contributed by atoms with Crippen LogP contribution < -0.4 is 0 Å². The lowest BCUT2D eigenvalue weighted by Crippen LogP contribution is -2.30. The predicted molar refractivity (Wildman–Crippen MR) is 372 cm³/mol. The van der Waals surface area contributed by atoms with E-state index >= 15 is 0 Å². The van der Waals surface area contributed by atoms with Crippen LogP contribution >= 0.6 is 15.6 Å². The van der Waals surface area contributed by atoms with Gasteiger partial charge in [-0.1, -0.05) is 330 Å². The molecule has 0 rings (SSSR count). The van der Waals surface area contributed by atoms with Crippen molar-refractivity contribution in [3.05, 3.63) is 0 Å². The minimum Gasteiger partial charge on any atom is -0.462 e. The van der Waals surface area contributed by atoms with Crippen molar-refractivity contribution in [1.29, 1.82) is 0 Å². The summed E-state index contributed by atoms with van der Waals surface area (Å²) in [5.74, 6) is -1.44. The maximum atomic E-state index is 13.1. The molecule has 0 heterocycles. The van der Waals surface area contributed by atoms with E-state index in [4.69, 9.17) is 37.0 Å². The number of esters is 4. The Morgan fingerprint density at radius 3 is 0.739 bits per heavy atom. The van der Waals surface area contributed by atoms with Gasteiger partial charge in [-0.25, -0.2) is 9.13 Å². The van der Waals surface area contributed by atoms with Gasteiger partial charge in [-0.2, -0.15) is 0 Å². The molecule has 0 aromatic carbocycles. The maximum absolute atomic E-state index is 13.1. The fraction of sp³-hybridized carbons (Fsp3) is 0.945. The quantitative estimate of drug-likeness (QED) is 0.0222. The van der Waals surface area contributed by atoms with E-state index in [1.54, 1.807) is 0 Å². The second-order valence-corrected chi connectivity index (χ2v) is 29.7. The van der Waals surface area contributed by atoms with Gasteiger partial charge in [0.15, 0.2) is 12.2 Å². The summed E-state index contributed by atoms with van der Waals surface area (Å²) in [4.78, 5) is 72.3. The molecule has 0 fully saturated rings. The Hall–Kier alpha value is -1.94. The molecule has 19 heteroatoms. The smallest absolute Gasteiger partial charge is 0.462 e. The van der Waals surface area contributed by atoms with Gasteiger partial charge in [-0.05, 0) is 31.6 Å². The molecule has 546 valence electrons. The van der Waals surface area contributed by atoms with Crippen LogP contribution in [0.2, 0.25) is 0 Å². The molecule has 5 atom stereocenters.